The molecule has 0 radical (unpaired) electrons. The molecule has 1 saturated heterocycles. The second-order valence-electron chi connectivity index (χ2n) is 7.93. The number of thiophene rings is 1. The van der Waals surface area contributed by atoms with Gasteiger partial charge >= 0.3 is 0 Å². The minimum absolute atomic E-state index is 0.343. The van der Waals surface area contributed by atoms with E-state index in [4.69, 9.17) is 24.9 Å². The van der Waals surface area contributed by atoms with Crippen LogP contribution in [0, 0.1) is 0 Å². The number of hydrogen-bond donors (Lipinski definition) is 2. The number of anilines is 3. The molecule has 4 aromatic rings. The van der Waals surface area contributed by atoms with Gasteiger partial charge in [0.05, 0.1) is 43.4 Å². The van der Waals surface area contributed by atoms with Gasteiger partial charge in [-0.05, 0) is 24.3 Å². The Morgan fingerprint density at radius 1 is 1.17 bits per heavy atom. The van der Waals surface area contributed by atoms with Crippen LogP contribution in [0.1, 0.15) is 12.8 Å². The van der Waals surface area contributed by atoms with Gasteiger partial charge in [0, 0.05) is 18.7 Å². The van der Waals surface area contributed by atoms with Gasteiger partial charge in [0.15, 0.2) is 23.1 Å². The van der Waals surface area contributed by atoms with Crippen molar-refractivity contribution in [2.24, 2.45) is 5.73 Å². The number of primary amides is 1. The SMILES string of the molecule is COc1cc(-n2cnc(Nc3nc(N4CCC[C@H]4C(N)=O)c4sccc4n3)c2)cc(OC)c1OC. The average Bonchev–Trinajstić information content (AvgIpc) is 3.63. The molecule has 0 bridgehead atoms. The van der Waals surface area contributed by atoms with Gasteiger partial charge in [-0.3, -0.25) is 4.79 Å². The maximum Gasteiger partial charge on any atom is 0.240 e. The Bertz CT molecular complexity index is 1360. The molecule has 0 saturated carbocycles. The highest BCUT2D eigenvalue weighted by atomic mass is 32.1. The van der Waals surface area contributed by atoms with Crippen LogP contribution in [0.15, 0.2) is 36.1 Å². The van der Waals surface area contributed by atoms with Crippen molar-refractivity contribution in [2.75, 3.05) is 38.1 Å². The Balaban J connectivity index is 1.47. The quantitative estimate of drug-likeness (QED) is 0.379. The molecule has 0 spiro atoms. The summed E-state index contributed by atoms with van der Waals surface area (Å²) in [6, 6.07) is 5.22. The zero-order chi connectivity index (χ0) is 24.5. The number of benzene rings is 1. The Hall–Kier alpha value is -4.06. The highest BCUT2D eigenvalue weighted by molar-refractivity contribution is 7.17. The normalized spacial score (nSPS) is 15.4. The molecule has 1 aliphatic heterocycles. The standard InChI is InChI=1S/C23H25N7O4S/c1-32-16-9-13(10-17(33-2)19(16)34-3)29-11-18(25-12-29)27-23-26-14-6-8-35-20(14)22(28-23)30-7-4-5-15(30)21(24)31/h6,8-12,15H,4-5,7H2,1-3H3,(H2,24,31)(H,26,27,28)/t15-/m0/s1. The van der Waals surface area contributed by atoms with Crippen molar-refractivity contribution >= 4 is 45.0 Å². The van der Waals surface area contributed by atoms with Crippen LogP contribution in [0.2, 0.25) is 0 Å². The number of nitrogens with zero attached hydrogens (tertiary/aromatic N) is 5. The van der Waals surface area contributed by atoms with Crippen LogP contribution in [0.5, 0.6) is 17.2 Å². The molecule has 1 aliphatic rings. The maximum absolute atomic E-state index is 12.0. The molecule has 35 heavy (non-hydrogen) atoms. The molecule has 12 heteroatoms. The van der Waals surface area contributed by atoms with E-state index >= 15 is 0 Å². The number of nitrogens with two attached hydrogens (primary N) is 1. The molecule has 11 nitrogen and oxygen atoms in total. The summed E-state index contributed by atoms with van der Waals surface area (Å²) in [5, 5.41) is 5.14. The number of nitrogens with one attached hydrogen (secondary N) is 1. The van der Waals surface area contributed by atoms with E-state index in [1.807, 2.05) is 39.2 Å². The lowest BCUT2D eigenvalue weighted by Gasteiger charge is -2.24. The van der Waals surface area contributed by atoms with E-state index in [1.54, 1.807) is 39.0 Å². The molecule has 3 aromatic heterocycles. The average molecular weight is 496 g/mol. The summed E-state index contributed by atoms with van der Waals surface area (Å²) >= 11 is 1.54. The predicted octanol–water partition coefficient (Wildman–Crippen LogP) is 3.10. The van der Waals surface area contributed by atoms with Crippen LogP contribution >= 0.6 is 11.3 Å². The summed E-state index contributed by atoms with van der Waals surface area (Å²) in [5.41, 5.74) is 7.22. The lowest BCUT2D eigenvalue weighted by molar-refractivity contribution is -0.119. The van der Waals surface area contributed by atoms with Gasteiger partial charge in [-0.2, -0.15) is 4.98 Å². The third-order valence-electron chi connectivity index (χ3n) is 5.91. The molecule has 1 amide bonds. The first-order valence-corrected chi connectivity index (χ1v) is 11.8. The van der Waals surface area contributed by atoms with Gasteiger partial charge in [0.25, 0.3) is 0 Å². The number of carbonyl (C=O) groups is 1. The summed E-state index contributed by atoms with van der Waals surface area (Å²) in [4.78, 5) is 27.8. The lowest BCUT2D eigenvalue weighted by Crippen LogP contribution is -2.40. The van der Waals surface area contributed by atoms with Crippen LogP contribution in [-0.2, 0) is 4.79 Å². The molecule has 1 atom stereocenters. The van der Waals surface area contributed by atoms with Crippen LogP contribution in [0.3, 0.4) is 0 Å². The first-order chi connectivity index (χ1) is 17.0. The van der Waals surface area contributed by atoms with Crippen LogP contribution < -0.4 is 30.2 Å². The zero-order valence-electron chi connectivity index (χ0n) is 19.5. The first-order valence-electron chi connectivity index (χ1n) is 10.9. The summed E-state index contributed by atoms with van der Waals surface area (Å²) in [5.74, 6) is 2.88. The molecule has 4 heterocycles. The van der Waals surface area contributed by atoms with E-state index in [0.29, 0.717) is 47.8 Å². The van der Waals surface area contributed by atoms with Crippen LogP contribution in [0.25, 0.3) is 15.9 Å². The van der Waals surface area contributed by atoms with Crippen LogP contribution in [-0.4, -0.2) is 59.3 Å². The van der Waals surface area contributed by atoms with E-state index in [0.717, 1.165) is 22.3 Å². The topological polar surface area (TPSA) is 130 Å². The Morgan fingerprint density at radius 2 is 1.94 bits per heavy atom. The smallest absolute Gasteiger partial charge is 0.240 e. The number of rotatable bonds is 8. The number of hydrogen-bond acceptors (Lipinski definition) is 10. The molecule has 1 fully saturated rings. The largest absolute Gasteiger partial charge is 0.493 e. The number of fused-ring (bicyclic) bond motifs is 1. The Labute approximate surface area is 205 Å². The molecule has 3 N–H and O–H groups in total. The van der Waals surface area contributed by atoms with E-state index < -0.39 is 0 Å². The monoisotopic (exact) mass is 495 g/mol. The van der Waals surface area contributed by atoms with Crippen molar-refractivity contribution in [3.8, 4) is 22.9 Å². The fourth-order valence-electron chi connectivity index (χ4n) is 4.27. The van der Waals surface area contributed by atoms with Gasteiger partial charge < -0.3 is 34.7 Å². The predicted molar refractivity (Wildman–Crippen MR) is 133 cm³/mol. The summed E-state index contributed by atoms with van der Waals surface area (Å²) in [6.45, 7) is 0.715. The number of aromatic nitrogens is 4. The van der Waals surface area contributed by atoms with E-state index in [2.05, 4.69) is 15.3 Å². The van der Waals surface area contributed by atoms with Gasteiger partial charge in [-0.15, -0.1) is 11.3 Å². The second kappa shape index (κ2) is 9.29. The van der Waals surface area contributed by atoms with Gasteiger partial charge in [-0.1, -0.05) is 0 Å². The lowest BCUT2D eigenvalue weighted by atomic mass is 10.2. The summed E-state index contributed by atoms with van der Waals surface area (Å²) in [6.07, 6.45) is 5.07. The van der Waals surface area contributed by atoms with Gasteiger partial charge in [0.1, 0.15) is 12.4 Å². The third-order valence-corrected chi connectivity index (χ3v) is 6.81. The molecule has 5 rings (SSSR count). The molecular formula is C23H25N7O4S. The van der Waals surface area contributed by atoms with E-state index in [1.165, 1.54) is 0 Å². The Morgan fingerprint density at radius 3 is 2.63 bits per heavy atom. The molecule has 1 aromatic carbocycles. The molecule has 0 aliphatic carbocycles. The molecule has 182 valence electrons. The van der Waals surface area contributed by atoms with Crippen molar-refractivity contribution in [3.05, 3.63) is 36.1 Å². The number of imidazole rings is 1. The van der Waals surface area contributed by atoms with Gasteiger partial charge in [0.2, 0.25) is 17.6 Å². The number of amides is 1. The van der Waals surface area contributed by atoms with Crippen molar-refractivity contribution in [1.29, 1.82) is 0 Å². The fourth-order valence-corrected chi connectivity index (χ4v) is 5.11. The highest BCUT2D eigenvalue weighted by Crippen LogP contribution is 2.39. The van der Waals surface area contributed by atoms with Gasteiger partial charge in [-0.25, -0.2) is 9.97 Å². The number of carbonyl (C=O) groups excluding carboxylic acids is 1. The van der Waals surface area contributed by atoms with Crippen molar-refractivity contribution < 1.29 is 19.0 Å². The maximum atomic E-state index is 12.0. The van der Waals surface area contributed by atoms with Crippen molar-refractivity contribution in [3.63, 3.8) is 0 Å². The summed E-state index contributed by atoms with van der Waals surface area (Å²) < 4.78 is 19.1. The first kappa shape index (κ1) is 22.7. The Kier molecular flexibility index (Phi) is 6.03. The number of ether oxygens (including phenoxy) is 3. The van der Waals surface area contributed by atoms with Crippen molar-refractivity contribution in [2.45, 2.75) is 18.9 Å². The van der Waals surface area contributed by atoms with E-state index in [9.17, 15) is 4.79 Å². The third kappa shape index (κ3) is 4.16. The fraction of sp³-hybridized carbons (Fsp3) is 0.304. The second-order valence-corrected chi connectivity index (χ2v) is 8.85. The molecular weight excluding hydrogens is 470 g/mol. The van der Waals surface area contributed by atoms with E-state index in [-0.39, 0.29) is 11.9 Å². The molecule has 0 unspecified atom stereocenters. The van der Waals surface area contributed by atoms with Crippen LogP contribution in [0.4, 0.5) is 17.6 Å². The van der Waals surface area contributed by atoms with Crippen molar-refractivity contribution in [1.82, 2.24) is 19.5 Å². The zero-order valence-corrected chi connectivity index (χ0v) is 20.3. The number of methoxy groups -OCH3 is 3. The summed E-state index contributed by atoms with van der Waals surface area (Å²) in [7, 11) is 4.70. The highest BCUT2D eigenvalue weighted by Gasteiger charge is 2.32. The minimum Gasteiger partial charge on any atom is -0.493 e. The minimum atomic E-state index is -0.373.